The first-order valence-electron chi connectivity index (χ1n) is 6.02. The van der Waals surface area contributed by atoms with Crippen LogP contribution in [0.25, 0.3) is 0 Å². The van der Waals surface area contributed by atoms with E-state index in [-0.39, 0.29) is 12.3 Å². The molecular formula is C13H15N3O2. The average molecular weight is 245 g/mol. The average Bonchev–Trinajstić information content (AvgIpc) is 2.39. The van der Waals surface area contributed by atoms with E-state index in [1.807, 2.05) is 12.1 Å². The SMILES string of the molecule is N#Cc1ncccc1N1CCC(CC(=O)O)CC1. The van der Waals surface area contributed by atoms with Crippen molar-refractivity contribution in [2.24, 2.45) is 5.92 Å². The van der Waals surface area contributed by atoms with E-state index in [0.717, 1.165) is 31.6 Å². The van der Waals surface area contributed by atoms with Gasteiger partial charge in [0.05, 0.1) is 5.69 Å². The molecule has 5 heteroatoms. The minimum Gasteiger partial charge on any atom is -0.481 e. The fraction of sp³-hybridized carbons (Fsp3) is 0.462. The third kappa shape index (κ3) is 2.77. The predicted octanol–water partition coefficient (Wildman–Crippen LogP) is 1.64. The summed E-state index contributed by atoms with van der Waals surface area (Å²) in [6.45, 7) is 1.58. The number of aliphatic carboxylic acids is 1. The maximum absolute atomic E-state index is 10.7. The van der Waals surface area contributed by atoms with Crippen LogP contribution >= 0.6 is 0 Å². The van der Waals surface area contributed by atoms with Crippen LogP contribution in [0.15, 0.2) is 18.3 Å². The molecule has 1 saturated heterocycles. The van der Waals surface area contributed by atoms with Gasteiger partial charge < -0.3 is 10.0 Å². The fourth-order valence-electron chi connectivity index (χ4n) is 2.36. The van der Waals surface area contributed by atoms with Crippen molar-refractivity contribution in [1.29, 1.82) is 5.26 Å². The highest BCUT2D eigenvalue weighted by Gasteiger charge is 2.22. The van der Waals surface area contributed by atoms with Crippen LogP contribution < -0.4 is 4.90 Å². The van der Waals surface area contributed by atoms with Gasteiger partial charge >= 0.3 is 5.97 Å². The Morgan fingerprint density at radius 3 is 2.89 bits per heavy atom. The van der Waals surface area contributed by atoms with Gasteiger partial charge in [-0.3, -0.25) is 4.79 Å². The standard InChI is InChI=1S/C13H15N3O2/c14-9-11-12(2-1-5-15-11)16-6-3-10(4-7-16)8-13(17)18/h1-2,5,10H,3-4,6-8H2,(H,17,18). The number of carboxylic acids is 1. The van der Waals surface area contributed by atoms with E-state index in [4.69, 9.17) is 10.4 Å². The molecule has 94 valence electrons. The Balaban J connectivity index is 2.01. The Hall–Kier alpha value is -2.09. The normalized spacial score (nSPS) is 16.3. The van der Waals surface area contributed by atoms with E-state index in [1.165, 1.54) is 0 Å². The molecule has 1 aliphatic rings. The van der Waals surface area contributed by atoms with Crippen LogP contribution in [0.4, 0.5) is 5.69 Å². The van der Waals surface area contributed by atoms with Crippen LogP contribution in [-0.2, 0) is 4.79 Å². The quantitative estimate of drug-likeness (QED) is 0.876. The lowest BCUT2D eigenvalue weighted by atomic mass is 9.93. The van der Waals surface area contributed by atoms with Gasteiger partial charge in [-0.1, -0.05) is 0 Å². The molecule has 18 heavy (non-hydrogen) atoms. The van der Waals surface area contributed by atoms with Gasteiger partial charge in [0.1, 0.15) is 6.07 Å². The molecule has 1 fully saturated rings. The minimum atomic E-state index is -0.729. The lowest BCUT2D eigenvalue weighted by Crippen LogP contribution is -2.34. The molecule has 0 unspecified atom stereocenters. The van der Waals surface area contributed by atoms with Crippen molar-refractivity contribution < 1.29 is 9.90 Å². The first-order valence-corrected chi connectivity index (χ1v) is 6.02. The number of rotatable bonds is 3. The van der Waals surface area contributed by atoms with Crippen LogP contribution in [-0.4, -0.2) is 29.1 Å². The number of carboxylic acid groups (broad SMARTS) is 1. The van der Waals surface area contributed by atoms with Gasteiger partial charge in [0.25, 0.3) is 0 Å². The van der Waals surface area contributed by atoms with Gasteiger partial charge in [-0.15, -0.1) is 0 Å². The third-order valence-electron chi connectivity index (χ3n) is 3.31. The van der Waals surface area contributed by atoms with Crippen LogP contribution in [0.5, 0.6) is 0 Å². The zero-order valence-electron chi connectivity index (χ0n) is 10.0. The van der Waals surface area contributed by atoms with E-state index in [1.54, 1.807) is 6.20 Å². The number of piperidine rings is 1. The number of pyridine rings is 1. The lowest BCUT2D eigenvalue weighted by Gasteiger charge is -2.33. The highest BCUT2D eigenvalue weighted by molar-refractivity contribution is 5.67. The van der Waals surface area contributed by atoms with Gasteiger partial charge in [-0.25, -0.2) is 4.98 Å². The summed E-state index contributed by atoms with van der Waals surface area (Å²) in [7, 11) is 0. The van der Waals surface area contributed by atoms with E-state index in [0.29, 0.717) is 5.69 Å². The molecule has 1 aromatic heterocycles. The smallest absolute Gasteiger partial charge is 0.303 e. The topological polar surface area (TPSA) is 77.2 Å². The highest BCUT2D eigenvalue weighted by atomic mass is 16.4. The number of nitrogens with zero attached hydrogens (tertiary/aromatic N) is 3. The van der Waals surface area contributed by atoms with Crippen molar-refractivity contribution in [2.45, 2.75) is 19.3 Å². The van der Waals surface area contributed by atoms with Gasteiger partial charge in [0, 0.05) is 25.7 Å². The molecule has 0 spiro atoms. The monoisotopic (exact) mass is 245 g/mol. The Labute approximate surface area is 106 Å². The van der Waals surface area contributed by atoms with Gasteiger partial charge in [0.15, 0.2) is 5.69 Å². The van der Waals surface area contributed by atoms with Crippen molar-refractivity contribution in [3.63, 3.8) is 0 Å². The summed E-state index contributed by atoms with van der Waals surface area (Å²) in [5.74, 6) is -0.478. The summed E-state index contributed by atoms with van der Waals surface area (Å²) in [6, 6.07) is 5.80. The van der Waals surface area contributed by atoms with Crippen LogP contribution in [0.1, 0.15) is 25.0 Å². The van der Waals surface area contributed by atoms with Crippen molar-refractivity contribution >= 4 is 11.7 Å². The highest BCUT2D eigenvalue weighted by Crippen LogP contribution is 2.26. The molecular weight excluding hydrogens is 230 g/mol. The molecule has 1 N–H and O–H groups in total. The second kappa shape index (κ2) is 5.50. The molecule has 1 aliphatic heterocycles. The minimum absolute atomic E-state index is 0.242. The summed E-state index contributed by atoms with van der Waals surface area (Å²) < 4.78 is 0. The Kier molecular flexibility index (Phi) is 3.78. The number of anilines is 1. The van der Waals surface area contributed by atoms with E-state index in [9.17, 15) is 4.79 Å². The lowest BCUT2D eigenvalue weighted by molar-refractivity contribution is -0.138. The molecule has 0 amide bonds. The third-order valence-corrected chi connectivity index (χ3v) is 3.31. The molecule has 5 nitrogen and oxygen atoms in total. The fourth-order valence-corrected chi connectivity index (χ4v) is 2.36. The van der Waals surface area contributed by atoms with Crippen LogP contribution in [0, 0.1) is 17.2 Å². The van der Waals surface area contributed by atoms with Gasteiger partial charge in [-0.2, -0.15) is 5.26 Å². The van der Waals surface area contributed by atoms with Crippen molar-refractivity contribution in [3.05, 3.63) is 24.0 Å². The van der Waals surface area contributed by atoms with E-state index < -0.39 is 5.97 Å². The summed E-state index contributed by atoms with van der Waals surface area (Å²) in [4.78, 5) is 16.8. The number of carbonyl (C=O) groups is 1. The number of hydrogen-bond acceptors (Lipinski definition) is 4. The van der Waals surface area contributed by atoms with Crippen molar-refractivity contribution in [1.82, 2.24) is 4.98 Å². The number of nitriles is 1. The molecule has 2 rings (SSSR count). The molecule has 1 aromatic rings. The second-order valence-corrected chi connectivity index (χ2v) is 4.51. The maximum atomic E-state index is 10.7. The molecule has 0 radical (unpaired) electrons. The first kappa shape index (κ1) is 12.4. The largest absolute Gasteiger partial charge is 0.481 e. The van der Waals surface area contributed by atoms with Crippen LogP contribution in [0.2, 0.25) is 0 Å². The molecule has 0 atom stereocenters. The molecule has 0 saturated carbocycles. The van der Waals surface area contributed by atoms with Gasteiger partial charge in [-0.05, 0) is 30.9 Å². The summed E-state index contributed by atoms with van der Waals surface area (Å²) in [6.07, 6.45) is 3.56. The zero-order valence-corrected chi connectivity index (χ0v) is 10.0. The Morgan fingerprint density at radius 1 is 1.56 bits per heavy atom. The summed E-state index contributed by atoms with van der Waals surface area (Å²) in [5.41, 5.74) is 1.29. The van der Waals surface area contributed by atoms with Gasteiger partial charge in [0.2, 0.25) is 0 Å². The Bertz CT molecular complexity index is 473. The van der Waals surface area contributed by atoms with Crippen molar-refractivity contribution in [2.75, 3.05) is 18.0 Å². The summed E-state index contributed by atoms with van der Waals surface area (Å²) in [5, 5.41) is 17.8. The zero-order chi connectivity index (χ0) is 13.0. The Morgan fingerprint density at radius 2 is 2.28 bits per heavy atom. The molecule has 0 aromatic carbocycles. The number of hydrogen-bond donors (Lipinski definition) is 1. The predicted molar refractivity (Wildman–Crippen MR) is 66.1 cm³/mol. The second-order valence-electron chi connectivity index (χ2n) is 4.51. The van der Waals surface area contributed by atoms with E-state index >= 15 is 0 Å². The summed E-state index contributed by atoms with van der Waals surface area (Å²) >= 11 is 0. The van der Waals surface area contributed by atoms with E-state index in [2.05, 4.69) is 16.0 Å². The molecule has 2 heterocycles. The molecule has 0 bridgehead atoms. The van der Waals surface area contributed by atoms with Crippen molar-refractivity contribution in [3.8, 4) is 6.07 Å². The molecule has 0 aliphatic carbocycles. The van der Waals surface area contributed by atoms with Crippen LogP contribution in [0.3, 0.4) is 0 Å². The number of aromatic nitrogens is 1. The first-order chi connectivity index (χ1) is 8.70. The maximum Gasteiger partial charge on any atom is 0.303 e.